The van der Waals surface area contributed by atoms with Gasteiger partial charge in [0.15, 0.2) is 0 Å². The van der Waals surface area contributed by atoms with Gasteiger partial charge in [0.25, 0.3) is 5.91 Å². The Labute approximate surface area is 167 Å². The van der Waals surface area contributed by atoms with Crippen LogP contribution in [0.5, 0.6) is 0 Å². The molecule has 8 nitrogen and oxygen atoms in total. The van der Waals surface area contributed by atoms with Crippen molar-refractivity contribution >= 4 is 27.3 Å². The van der Waals surface area contributed by atoms with Gasteiger partial charge in [-0.3, -0.25) is 19.6 Å². The Morgan fingerprint density at radius 3 is 2.33 bits per heavy atom. The Bertz CT molecular complexity index is 1120. The van der Waals surface area contributed by atoms with Gasteiger partial charge in [0, 0.05) is 24.8 Å². The Kier molecular flexibility index (Phi) is 5.41. The van der Waals surface area contributed by atoms with E-state index in [-0.39, 0.29) is 30.8 Å². The summed E-state index contributed by atoms with van der Waals surface area (Å²) in [5, 5.41) is 10.9. The van der Waals surface area contributed by atoms with E-state index in [1.165, 1.54) is 27.8 Å². The van der Waals surface area contributed by atoms with Crippen LogP contribution < -0.4 is 4.72 Å². The Morgan fingerprint density at radius 1 is 1.13 bits per heavy atom. The molecule has 0 atom stereocenters. The minimum absolute atomic E-state index is 0.0489. The van der Waals surface area contributed by atoms with Crippen LogP contribution >= 0.6 is 0 Å². The predicted molar refractivity (Wildman–Crippen MR) is 96.5 cm³/mol. The van der Waals surface area contributed by atoms with Crippen molar-refractivity contribution in [2.75, 3.05) is 11.3 Å². The van der Waals surface area contributed by atoms with Gasteiger partial charge in [-0.05, 0) is 29.7 Å². The summed E-state index contributed by atoms with van der Waals surface area (Å²) in [5.74, 6) is -1.97. The van der Waals surface area contributed by atoms with Gasteiger partial charge in [-0.15, -0.1) is 0 Å². The van der Waals surface area contributed by atoms with Gasteiger partial charge in [-0.2, -0.15) is 26.0 Å². The number of rotatable bonds is 5. The number of sulfonamides is 1. The molecule has 2 aromatic carbocycles. The number of hydrogen-bond acceptors (Lipinski definition) is 5. The van der Waals surface area contributed by atoms with Crippen molar-refractivity contribution in [3.8, 4) is 0 Å². The van der Waals surface area contributed by atoms with Crippen molar-refractivity contribution in [2.24, 2.45) is 0 Å². The van der Waals surface area contributed by atoms with Crippen molar-refractivity contribution in [2.45, 2.75) is 18.5 Å². The van der Waals surface area contributed by atoms with E-state index in [9.17, 15) is 40.9 Å². The number of carbonyl (C=O) groups is 1. The molecule has 0 bridgehead atoms. The average Bonchev–Trinajstić information content (AvgIpc) is 2.64. The highest BCUT2D eigenvalue weighted by atomic mass is 32.2. The number of halogens is 4. The van der Waals surface area contributed by atoms with Crippen LogP contribution in [0.25, 0.3) is 0 Å². The smallest absolute Gasteiger partial charge is 0.334 e. The van der Waals surface area contributed by atoms with E-state index in [2.05, 4.69) is 0 Å². The monoisotopic (exact) mass is 447 g/mol. The van der Waals surface area contributed by atoms with Crippen LogP contribution in [0, 0.1) is 15.9 Å². The van der Waals surface area contributed by atoms with Gasteiger partial charge < -0.3 is 4.90 Å². The molecular formula is C17H13F4N3O5S. The Hall–Kier alpha value is -3.22. The van der Waals surface area contributed by atoms with E-state index >= 15 is 0 Å². The van der Waals surface area contributed by atoms with Gasteiger partial charge in [0.1, 0.15) is 0 Å². The Morgan fingerprint density at radius 2 is 1.77 bits per heavy atom. The molecule has 1 N–H and O–H groups in total. The average molecular weight is 447 g/mol. The summed E-state index contributed by atoms with van der Waals surface area (Å²) in [5.41, 5.74) is -6.21. The van der Waals surface area contributed by atoms with E-state index in [0.29, 0.717) is 11.1 Å². The van der Waals surface area contributed by atoms with E-state index in [1.54, 1.807) is 0 Å². The summed E-state index contributed by atoms with van der Waals surface area (Å²) in [4.78, 5) is 23.8. The molecule has 0 spiro atoms. The number of nitro benzene ring substituents is 1. The molecule has 13 heteroatoms. The lowest BCUT2D eigenvalue weighted by molar-refractivity contribution is -0.387. The highest BCUT2D eigenvalue weighted by molar-refractivity contribution is 7.93. The first-order chi connectivity index (χ1) is 13.9. The molecule has 1 aliphatic rings. The lowest BCUT2D eigenvalue weighted by Crippen LogP contribution is -2.37. The number of nitrogens with one attached hydrogen (secondary N) is 1. The van der Waals surface area contributed by atoms with Crippen molar-refractivity contribution in [1.29, 1.82) is 0 Å². The minimum Gasteiger partial charge on any atom is -0.334 e. The van der Waals surface area contributed by atoms with Crippen LogP contribution in [-0.2, 0) is 23.0 Å². The summed E-state index contributed by atoms with van der Waals surface area (Å²) < 4.78 is 75.3. The van der Waals surface area contributed by atoms with Crippen LogP contribution in [0.4, 0.5) is 28.9 Å². The van der Waals surface area contributed by atoms with Crippen LogP contribution in [0.2, 0.25) is 0 Å². The Balaban J connectivity index is 1.78. The van der Waals surface area contributed by atoms with Crippen LogP contribution in [0.3, 0.4) is 0 Å². The van der Waals surface area contributed by atoms with Gasteiger partial charge in [0.2, 0.25) is 5.82 Å². The van der Waals surface area contributed by atoms with Gasteiger partial charge in [-0.1, -0.05) is 18.2 Å². The molecule has 2 aromatic rings. The zero-order chi connectivity index (χ0) is 22.3. The topological polar surface area (TPSA) is 110 Å². The molecule has 0 fully saturated rings. The molecule has 1 amide bonds. The first kappa shape index (κ1) is 21.5. The normalized spacial score (nSPS) is 14.4. The first-order valence-electron chi connectivity index (χ1n) is 8.34. The number of nitrogens with zero attached hydrogens (tertiary/aromatic N) is 2. The third-order valence-electron chi connectivity index (χ3n) is 4.44. The maximum absolute atomic E-state index is 14.4. The van der Waals surface area contributed by atoms with E-state index in [1.807, 2.05) is 0 Å². The van der Waals surface area contributed by atoms with Crippen LogP contribution in [0.15, 0.2) is 36.4 Å². The zero-order valence-corrected chi connectivity index (χ0v) is 15.8. The van der Waals surface area contributed by atoms with Gasteiger partial charge in [0.05, 0.1) is 10.5 Å². The number of carbonyl (C=O) groups excluding carboxylic acids is 1. The number of fused-ring (bicyclic) bond motifs is 1. The van der Waals surface area contributed by atoms with Crippen LogP contribution in [0.1, 0.15) is 21.5 Å². The summed E-state index contributed by atoms with van der Waals surface area (Å²) in [6.45, 7) is 0.151. The molecule has 0 aromatic heterocycles. The van der Waals surface area contributed by atoms with Crippen molar-refractivity contribution < 1.29 is 35.7 Å². The number of alkyl halides is 3. The lowest BCUT2D eigenvalue weighted by Gasteiger charge is -2.28. The van der Waals surface area contributed by atoms with E-state index in [0.717, 1.165) is 18.2 Å². The fourth-order valence-electron chi connectivity index (χ4n) is 2.96. The fraction of sp³-hybridized carbons (Fsp3) is 0.235. The van der Waals surface area contributed by atoms with E-state index in [4.69, 9.17) is 0 Å². The van der Waals surface area contributed by atoms with Crippen molar-refractivity contribution in [3.05, 3.63) is 69.0 Å². The molecule has 3 rings (SSSR count). The molecule has 0 radical (unpaired) electrons. The van der Waals surface area contributed by atoms with Crippen molar-refractivity contribution in [3.63, 3.8) is 0 Å². The molecule has 1 aliphatic heterocycles. The third kappa shape index (κ3) is 4.06. The molecule has 0 aliphatic carbocycles. The predicted octanol–water partition coefficient (Wildman–Crippen LogP) is 3.19. The summed E-state index contributed by atoms with van der Waals surface area (Å²) in [7, 11) is -5.56. The van der Waals surface area contributed by atoms with Gasteiger partial charge in [-0.25, -0.2) is 0 Å². The lowest BCUT2D eigenvalue weighted by atomic mass is 9.97. The molecule has 160 valence electrons. The number of benzene rings is 2. The first-order valence-corrected chi connectivity index (χ1v) is 9.82. The highest BCUT2D eigenvalue weighted by Crippen LogP contribution is 2.29. The minimum atomic E-state index is -5.56. The molecule has 0 saturated heterocycles. The summed E-state index contributed by atoms with van der Waals surface area (Å²) >= 11 is 0. The number of hydrogen-bond donors (Lipinski definition) is 1. The second-order valence-corrected chi connectivity index (χ2v) is 8.09. The SMILES string of the molecule is O=C1c2c(ccc([N+](=O)[O-])c2F)CCN1Cc1ccc(NS(=O)(=O)C(F)(F)F)cc1. The van der Waals surface area contributed by atoms with Crippen LogP contribution in [-0.4, -0.2) is 36.2 Å². The maximum Gasteiger partial charge on any atom is 0.516 e. The number of amides is 1. The quantitative estimate of drug-likeness (QED) is 0.430. The second kappa shape index (κ2) is 7.55. The van der Waals surface area contributed by atoms with E-state index < -0.39 is 37.9 Å². The number of nitro groups is 1. The molecular weight excluding hydrogens is 434 g/mol. The highest BCUT2D eigenvalue weighted by Gasteiger charge is 2.46. The van der Waals surface area contributed by atoms with Gasteiger partial charge >= 0.3 is 21.2 Å². The third-order valence-corrected chi connectivity index (χ3v) is 5.55. The number of anilines is 1. The molecule has 1 heterocycles. The second-order valence-electron chi connectivity index (χ2n) is 6.41. The zero-order valence-electron chi connectivity index (χ0n) is 14.9. The summed E-state index contributed by atoms with van der Waals surface area (Å²) in [6, 6.07) is 7.12. The maximum atomic E-state index is 14.4. The van der Waals surface area contributed by atoms with Crippen molar-refractivity contribution in [1.82, 2.24) is 4.90 Å². The standard InChI is InChI=1S/C17H13F4N3O5S/c18-15-13(24(26)27)6-3-11-7-8-23(16(25)14(11)15)9-10-1-4-12(5-2-10)22-30(28,29)17(19,20)21/h1-6,22H,7-9H2. The molecule has 30 heavy (non-hydrogen) atoms. The molecule has 0 saturated carbocycles. The fourth-order valence-corrected chi connectivity index (χ4v) is 3.53. The summed E-state index contributed by atoms with van der Waals surface area (Å²) in [6.07, 6.45) is 0.263. The molecule has 0 unspecified atom stereocenters. The largest absolute Gasteiger partial charge is 0.516 e.